The van der Waals surface area contributed by atoms with E-state index in [-0.39, 0.29) is 0 Å². The molecule has 0 amide bonds. The molecule has 0 radical (unpaired) electrons. The smallest absolute Gasteiger partial charge is 0.262 e. The van der Waals surface area contributed by atoms with Crippen LogP contribution in [-0.4, -0.2) is 6.54 Å². The average Bonchev–Trinajstić information content (AvgIpc) is 3.49. The van der Waals surface area contributed by atoms with Gasteiger partial charge in [0.05, 0.1) is 10.7 Å². The van der Waals surface area contributed by atoms with E-state index in [4.69, 9.17) is 0 Å². The van der Waals surface area contributed by atoms with Crippen LogP contribution in [0.2, 0.25) is 0 Å². The van der Waals surface area contributed by atoms with Crippen molar-refractivity contribution in [1.82, 2.24) is 0 Å². The normalized spacial score (nSPS) is 14.2. The summed E-state index contributed by atoms with van der Waals surface area (Å²) in [5.41, 5.74) is 7.65. The molecule has 182 valence electrons. The Bertz CT molecular complexity index is 1620. The number of thioether (sulfide) groups is 1. The van der Waals surface area contributed by atoms with Gasteiger partial charge in [-0.25, -0.2) is 0 Å². The second-order valence-electron chi connectivity index (χ2n) is 8.99. The van der Waals surface area contributed by atoms with Gasteiger partial charge >= 0.3 is 0 Å². The van der Waals surface area contributed by atoms with Gasteiger partial charge in [0.15, 0.2) is 0 Å². The zero-order valence-corrected chi connectivity index (χ0v) is 22.7. The van der Waals surface area contributed by atoms with E-state index in [0.717, 1.165) is 13.1 Å². The van der Waals surface area contributed by atoms with Gasteiger partial charge in [0.1, 0.15) is 11.2 Å². The minimum Gasteiger partial charge on any atom is -0.335 e. The van der Waals surface area contributed by atoms with Crippen molar-refractivity contribution in [1.29, 1.82) is 0 Å². The van der Waals surface area contributed by atoms with Crippen LogP contribution < -0.4 is 9.47 Å². The minimum absolute atomic E-state index is 0.949. The van der Waals surface area contributed by atoms with Crippen LogP contribution in [0.1, 0.15) is 18.9 Å². The minimum atomic E-state index is 0.949. The predicted molar refractivity (Wildman–Crippen MR) is 161 cm³/mol. The van der Waals surface area contributed by atoms with E-state index in [1.165, 1.54) is 53.1 Å². The van der Waals surface area contributed by atoms with Gasteiger partial charge in [0, 0.05) is 23.6 Å². The first-order valence-electron chi connectivity index (χ1n) is 12.8. The lowest BCUT2D eigenvalue weighted by Crippen LogP contribution is -2.33. The highest BCUT2D eigenvalue weighted by Crippen LogP contribution is 2.47. The predicted octanol–water partition coefficient (Wildman–Crippen LogP) is 9.03. The third kappa shape index (κ3) is 4.63. The molecule has 2 heterocycles. The van der Waals surface area contributed by atoms with E-state index >= 15 is 0 Å². The van der Waals surface area contributed by atoms with Gasteiger partial charge in [-0.2, -0.15) is 4.57 Å². The highest BCUT2D eigenvalue weighted by atomic mass is 32.2. The molecule has 0 fully saturated rings. The summed E-state index contributed by atoms with van der Waals surface area (Å²) in [7, 11) is 0. The SMILES string of the molecule is CCN1C(=CC=Cc2sc3cc(-c4ccccc4)ccc3[n+]2CC)Sc2cc(-c3ccccc3)ccc21. The maximum atomic E-state index is 2.41. The summed E-state index contributed by atoms with van der Waals surface area (Å²) >= 11 is 3.72. The number of thiazole rings is 1. The van der Waals surface area contributed by atoms with E-state index in [1.54, 1.807) is 0 Å². The molecule has 2 nitrogen and oxygen atoms in total. The Hall–Kier alpha value is -3.60. The fraction of sp³-hybridized carbons (Fsp3) is 0.121. The third-order valence-corrected chi connectivity index (χ3v) is 9.01. The maximum Gasteiger partial charge on any atom is 0.262 e. The molecular formula is C33H29N2S2+. The Morgan fingerprint density at radius 1 is 0.757 bits per heavy atom. The van der Waals surface area contributed by atoms with Crippen molar-refractivity contribution in [2.45, 2.75) is 25.3 Å². The number of hydrogen-bond donors (Lipinski definition) is 0. The highest BCUT2D eigenvalue weighted by molar-refractivity contribution is 8.03. The van der Waals surface area contributed by atoms with Crippen molar-refractivity contribution in [2.24, 2.45) is 0 Å². The van der Waals surface area contributed by atoms with Crippen LogP contribution in [0.5, 0.6) is 0 Å². The Morgan fingerprint density at radius 3 is 2.11 bits per heavy atom. The number of allylic oxidation sites excluding steroid dienone is 2. The molecule has 0 N–H and O–H groups in total. The van der Waals surface area contributed by atoms with Crippen molar-refractivity contribution < 1.29 is 4.57 Å². The molecule has 0 saturated carbocycles. The van der Waals surface area contributed by atoms with Crippen molar-refractivity contribution >= 4 is 45.1 Å². The summed E-state index contributed by atoms with van der Waals surface area (Å²) in [5.74, 6) is 0. The van der Waals surface area contributed by atoms with Crippen molar-refractivity contribution in [2.75, 3.05) is 11.4 Å². The summed E-state index contributed by atoms with van der Waals surface area (Å²) in [6.07, 6.45) is 6.73. The van der Waals surface area contributed by atoms with E-state index in [0.29, 0.717) is 0 Å². The van der Waals surface area contributed by atoms with Crippen LogP contribution in [-0.2, 0) is 6.54 Å². The molecule has 0 atom stereocenters. The molecule has 1 aliphatic heterocycles. The number of benzene rings is 4. The molecule has 0 unspecified atom stereocenters. The summed E-state index contributed by atoms with van der Waals surface area (Å²) < 4.78 is 3.73. The molecule has 1 aromatic heterocycles. The van der Waals surface area contributed by atoms with Crippen LogP contribution >= 0.6 is 23.1 Å². The first-order chi connectivity index (χ1) is 18.2. The second kappa shape index (κ2) is 10.4. The van der Waals surface area contributed by atoms with Crippen molar-refractivity contribution in [3.05, 3.63) is 119 Å². The molecule has 0 aliphatic carbocycles. The second-order valence-corrected chi connectivity index (χ2v) is 11.1. The highest BCUT2D eigenvalue weighted by Gasteiger charge is 2.24. The molecule has 4 aromatic carbocycles. The lowest BCUT2D eigenvalue weighted by Gasteiger charge is -2.17. The molecule has 1 aliphatic rings. The Kier molecular flexibility index (Phi) is 6.69. The Morgan fingerprint density at radius 2 is 1.43 bits per heavy atom. The third-order valence-electron chi connectivity index (χ3n) is 6.79. The largest absolute Gasteiger partial charge is 0.335 e. The van der Waals surface area contributed by atoms with Gasteiger partial charge in [-0.05, 0) is 66.4 Å². The van der Waals surface area contributed by atoms with Gasteiger partial charge in [-0.15, -0.1) is 0 Å². The molecule has 37 heavy (non-hydrogen) atoms. The van der Waals surface area contributed by atoms with E-state index in [2.05, 4.69) is 139 Å². The van der Waals surface area contributed by atoms with E-state index in [9.17, 15) is 0 Å². The molecule has 5 aromatic rings. The molecule has 0 saturated heterocycles. The average molecular weight is 518 g/mol. The maximum absolute atomic E-state index is 2.41. The number of anilines is 1. The number of aromatic nitrogens is 1. The summed E-state index contributed by atoms with van der Waals surface area (Å²) in [4.78, 5) is 3.73. The summed E-state index contributed by atoms with van der Waals surface area (Å²) in [5, 5.41) is 2.55. The van der Waals surface area contributed by atoms with Crippen molar-refractivity contribution in [3.63, 3.8) is 0 Å². The molecule has 6 rings (SSSR count). The number of fused-ring (bicyclic) bond motifs is 2. The number of rotatable bonds is 6. The van der Waals surface area contributed by atoms with Gasteiger partial charge < -0.3 is 4.90 Å². The zero-order valence-electron chi connectivity index (χ0n) is 21.1. The topological polar surface area (TPSA) is 7.12 Å². The summed E-state index contributed by atoms with van der Waals surface area (Å²) in [6.45, 7) is 6.34. The number of hydrogen-bond acceptors (Lipinski definition) is 3. The quantitative estimate of drug-likeness (QED) is 0.207. The van der Waals surface area contributed by atoms with E-state index < -0.39 is 0 Å². The number of aryl methyl sites for hydroxylation is 1. The standard InChI is InChI=1S/C33H29N2S2/c1-3-34-28-20-18-26(24-12-7-5-8-13-24)22-30(28)36-32(34)16-11-17-33-35(4-2)29-21-19-27(23-31(29)37-33)25-14-9-6-10-15-25/h5-23H,3-4H2,1-2H3/q+1. The first-order valence-corrected chi connectivity index (χ1v) is 14.4. The van der Waals surface area contributed by atoms with Gasteiger partial charge in [0.2, 0.25) is 5.52 Å². The van der Waals surface area contributed by atoms with Crippen molar-refractivity contribution in [3.8, 4) is 22.3 Å². The zero-order chi connectivity index (χ0) is 25.2. The fourth-order valence-corrected chi connectivity index (χ4v) is 7.30. The Labute approximate surface area is 227 Å². The fourth-order valence-electron chi connectivity index (χ4n) is 4.94. The lowest BCUT2D eigenvalue weighted by atomic mass is 10.1. The first kappa shape index (κ1) is 23.8. The van der Waals surface area contributed by atoms with Gasteiger partial charge in [-0.1, -0.05) is 95.9 Å². The molecule has 4 heteroatoms. The van der Waals surface area contributed by atoms with E-state index in [1.807, 2.05) is 23.1 Å². The van der Waals surface area contributed by atoms with Crippen LogP contribution in [0.4, 0.5) is 5.69 Å². The van der Waals surface area contributed by atoms with Crippen LogP contribution in [0.15, 0.2) is 119 Å². The van der Waals surface area contributed by atoms with Gasteiger partial charge in [-0.3, -0.25) is 0 Å². The monoisotopic (exact) mass is 517 g/mol. The van der Waals surface area contributed by atoms with Crippen LogP contribution in [0.25, 0.3) is 38.5 Å². The number of nitrogens with zero attached hydrogens (tertiary/aromatic N) is 2. The molecule has 0 spiro atoms. The molecule has 0 bridgehead atoms. The molecular weight excluding hydrogens is 489 g/mol. The van der Waals surface area contributed by atoms with Gasteiger partial charge in [0.25, 0.3) is 5.01 Å². The summed E-state index contributed by atoms with van der Waals surface area (Å²) in [6, 6.07) is 34.9. The lowest BCUT2D eigenvalue weighted by molar-refractivity contribution is -0.665. The van der Waals surface area contributed by atoms with Crippen LogP contribution in [0.3, 0.4) is 0 Å². The Balaban J connectivity index is 1.28. The van der Waals surface area contributed by atoms with Crippen LogP contribution in [0, 0.1) is 0 Å².